The Morgan fingerprint density at radius 3 is 2.56 bits per heavy atom. The maximum absolute atomic E-state index is 12.2. The summed E-state index contributed by atoms with van der Waals surface area (Å²) in [7, 11) is 0. The minimum atomic E-state index is -0.264. The molecule has 1 aliphatic heterocycles. The lowest BCUT2D eigenvalue weighted by molar-refractivity contribution is -0.119. The summed E-state index contributed by atoms with van der Waals surface area (Å²) in [6.07, 6.45) is 3.45. The Morgan fingerprint density at radius 2 is 1.89 bits per heavy atom. The van der Waals surface area contributed by atoms with Crippen molar-refractivity contribution >= 4 is 40.7 Å². The number of nitrogens with zero attached hydrogens (tertiary/aromatic N) is 3. The third-order valence-corrected chi connectivity index (χ3v) is 3.39. The molecule has 4 nitrogen and oxygen atoms in total. The molecule has 0 radical (unpaired) electrons. The Morgan fingerprint density at radius 1 is 1.22 bits per heavy atom. The lowest BCUT2D eigenvalue weighted by atomic mass is 10.2. The number of hydrogen-bond acceptors (Lipinski definition) is 2. The molecular formula is C12H9Cl2N3O. The van der Waals surface area contributed by atoms with Crippen molar-refractivity contribution in [3.63, 3.8) is 0 Å². The van der Waals surface area contributed by atoms with Crippen molar-refractivity contribution in [2.45, 2.75) is 13.0 Å². The largest absolute Gasteiger partial charge is 0.304 e. The van der Waals surface area contributed by atoms with E-state index in [2.05, 4.69) is 4.98 Å². The van der Waals surface area contributed by atoms with E-state index in [9.17, 15) is 4.79 Å². The van der Waals surface area contributed by atoms with Gasteiger partial charge in [-0.1, -0.05) is 23.2 Å². The maximum atomic E-state index is 12.2. The second-order valence-corrected chi connectivity index (χ2v) is 4.98. The molecule has 0 bridgehead atoms. The first kappa shape index (κ1) is 11.6. The summed E-state index contributed by atoms with van der Waals surface area (Å²) in [5.74, 6) is 0.544. The van der Waals surface area contributed by atoms with E-state index >= 15 is 0 Å². The Balaban J connectivity index is 2.15. The van der Waals surface area contributed by atoms with Gasteiger partial charge >= 0.3 is 0 Å². The van der Waals surface area contributed by atoms with Crippen LogP contribution in [0.15, 0.2) is 30.6 Å². The Kier molecular flexibility index (Phi) is 2.57. The van der Waals surface area contributed by atoms with Crippen LogP contribution in [0, 0.1) is 0 Å². The van der Waals surface area contributed by atoms with E-state index in [-0.39, 0.29) is 11.9 Å². The highest BCUT2D eigenvalue weighted by Crippen LogP contribution is 2.37. The van der Waals surface area contributed by atoms with Crippen LogP contribution in [0.2, 0.25) is 10.0 Å². The fourth-order valence-corrected chi connectivity index (χ4v) is 2.61. The highest BCUT2D eigenvalue weighted by molar-refractivity contribution is 6.35. The molecule has 6 heteroatoms. The van der Waals surface area contributed by atoms with Crippen LogP contribution in [-0.2, 0) is 4.79 Å². The molecule has 0 N–H and O–H groups in total. The highest BCUT2D eigenvalue weighted by Gasteiger charge is 2.36. The van der Waals surface area contributed by atoms with Gasteiger partial charge in [0.25, 0.3) is 5.91 Å². The molecule has 1 atom stereocenters. The molecule has 2 heterocycles. The molecule has 1 aromatic heterocycles. The Labute approximate surface area is 114 Å². The van der Waals surface area contributed by atoms with Gasteiger partial charge in [0.05, 0.1) is 5.69 Å². The van der Waals surface area contributed by atoms with Gasteiger partial charge < -0.3 is 4.57 Å². The molecule has 0 saturated heterocycles. The number of aromatic nitrogens is 2. The van der Waals surface area contributed by atoms with Crippen LogP contribution >= 0.6 is 23.2 Å². The molecule has 1 aliphatic rings. The monoisotopic (exact) mass is 281 g/mol. The van der Waals surface area contributed by atoms with Crippen LogP contribution in [0.1, 0.15) is 13.0 Å². The number of fused-ring (bicyclic) bond motifs is 1. The molecular weight excluding hydrogens is 273 g/mol. The molecule has 0 aliphatic carbocycles. The van der Waals surface area contributed by atoms with E-state index < -0.39 is 0 Å². The lowest BCUT2D eigenvalue weighted by Gasteiger charge is -2.15. The van der Waals surface area contributed by atoms with E-state index in [1.807, 2.05) is 11.5 Å². The van der Waals surface area contributed by atoms with Crippen molar-refractivity contribution < 1.29 is 4.79 Å². The van der Waals surface area contributed by atoms with Crippen molar-refractivity contribution in [1.29, 1.82) is 0 Å². The van der Waals surface area contributed by atoms with Crippen molar-refractivity contribution in [3.8, 4) is 0 Å². The molecule has 1 aromatic carbocycles. The zero-order valence-electron chi connectivity index (χ0n) is 9.47. The standard InChI is InChI=1S/C12H9Cl2N3O/c1-7-11(18)17(12-15-2-3-16(7)12)10-5-8(13)4-9(14)6-10/h2-7H,1H3. The van der Waals surface area contributed by atoms with Crippen LogP contribution in [0.3, 0.4) is 0 Å². The van der Waals surface area contributed by atoms with Crippen LogP contribution in [-0.4, -0.2) is 15.5 Å². The maximum Gasteiger partial charge on any atom is 0.256 e. The number of hydrogen-bond donors (Lipinski definition) is 0. The van der Waals surface area contributed by atoms with Gasteiger partial charge in [-0.15, -0.1) is 0 Å². The fraction of sp³-hybridized carbons (Fsp3) is 0.167. The number of imidazole rings is 1. The summed E-state index contributed by atoms with van der Waals surface area (Å²) in [6.45, 7) is 1.83. The average Bonchev–Trinajstić information content (AvgIpc) is 2.83. The van der Waals surface area contributed by atoms with Crippen molar-refractivity contribution in [3.05, 3.63) is 40.6 Å². The molecule has 3 rings (SSSR count). The van der Waals surface area contributed by atoms with E-state index in [0.717, 1.165) is 0 Å². The van der Waals surface area contributed by atoms with Gasteiger partial charge in [0.2, 0.25) is 5.95 Å². The SMILES string of the molecule is CC1C(=O)N(c2cc(Cl)cc(Cl)c2)c2nccn21. The molecule has 1 unspecified atom stereocenters. The minimum absolute atomic E-state index is 0.0450. The first-order valence-electron chi connectivity index (χ1n) is 5.41. The zero-order chi connectivity index (χ0) is 12.9. The number of carbonyl (C=O) groups excluding carboxylic acids is 1. The third kappa shape index (κ3) is 1.61. The van der Waals surface area contributed by atoms with Crippen molar-refractivity contribution in [2.24, 2.45) is 0 Å². The Hall–Kier alpha value is -1.52. The van der Waals surface area contributed by atoms with Crippen LogP contribution in [0.4, 0.5) is 11.6 Å². The van der Waals surface area contributed by atoms with Gasteiger partial charge in [0.1, 0.15) is 6.04 Å². The predicted octanol–water partition coefficient (Wildman–Crippen LogP) is 3.43. The number of amides is 1. The molecule has 0 spiro atoms. The third-order valence-electron chi connectivity index (χ3n) is 2.95. The van der Waals surface area contributed by atoms with Gasteiger partial charge in [0.15, 0.2) is 0 Å². The van der Waals surface area contributed by atoms with Crippen LogP contribution in [0.5, 0.6) is 0 Å². The molecule has 0 fully saturated rings. The van der Waals surface area contributed by atoms with E-state index in [0.29, 0.717) is 21.7 Å². The van der Waals surface area contributed by atoms with E-state index in [1.165, 1.54) is 4.90 Å². The van der Waals surface area contributed by atoms with Gasteiger partial charge in [-0.05, 0) is 25.1 Å². The van der Waals surface area contributed by atoms with Crippen molar-refractivity contribution in [1.82, 2.24) is 9.55 Å². The lowest BCUT2D eigenvalue weighted by Crippen LogP contribution is -2.23. The summed E-state index contributed by atoms with van der Waals surface area (Å²) >= 11 is 11.9. The summed E-state index contributed by atoms with van der Waals surface area (Å²) in [6, 6.07) is 4.76. The molecule has 1 amide bonds. The quantitative estimate of drug-likeness (QED) is 0.803. The summed E-state index contributed by atoms with van der Waals surface area (Å²) < 4.78 is 1.82. The molecule has 92 valence electrons. The smallest absolute Gasteiger partial charge is 0.256 e. The number of carbonyl (C=O) groups is 1. The highest BCUT2D eigenvalue weighted by atomic mass is 35.5. The molecule has 18 heavy (non-hydrogen) atoms. The fourth-order valence-electron chi connectivity index (χ4n) is 2.10. The number of rotatable bonds is 1. The minimum Gasteiger partial charge on any atom is -0.304 e. The molecule has 0 saturated carbocycles. The zero-order valence-corrected chi connectivity index (χ0v) is 11.0. The first-order chi connectivity index (χ1) is 8.58. The van der Waals surface area contributed by atoms with Gasteiger partial charge in [0, 0.05) is 22.4 Å². The molecule has 2 aromatic rings. The summed E-state index contributed by atoms with van der Waals surface area (Å²) in [5, 5.41) is 0.978. The van der Waals surface area contributed by atoms with E-state index in [4.69, 9.17) is 23.2 Å². The van der Waals surface area contributed by atoms with Crippen LogP contribution in [0.25, 0.3) is 0 Å². The van der Waals surface area contributed by atoms with Gasteiger partial charge in [-0.2, -0.15) is 0 Å². The number of anilines is 2. The van der Waals surface area contributed by atoms with E-state index in [1.54, 1.807) is 30.6 Å². The van der Waals surface area contributed by atoms with Gasteiger partial charge in [-0.25, -0.2) is 9.88 Å². The predicted molar refractivity (Wildman–Crippen MR) is 70.5 cm³/mol. The van der Waals surface area contributed by atoms with Crippen LogP contribution < -0.4 is 4.90 Å². The van der Waals surface area contributed by atoms with Gasteiger partial charge in [-0.3, -0.25) is 4.79 Å². The second-order valence-electron chi connectivity index (χ2n) is 4.11. The number of halogens is 2. The first-order valence-corrected chi connectivity index (χ1v) is 6.16. The second kappa shape index (κ2) is 4.00. The summed E-state index contributed by atoms with van der Waals surface area (Å²) in [4.78, 5) is 18.0. The van der Waals surface area contributed by atoms with Crippen molar-refractivity contribution in [2.75, 3.05) is 4.90 Å². The normalized spacial score (nSPS) is 18.3. The topological polar surface area (TPSA) is 38.1 Å². The Bertz CT molecular complexity index is 618. The number of benzene rings is 1. The average molecular weight is 282 g/mol. The summed E-state index contributed by atoms with van der Waals surface area (Å²) in [5.41, 5.74) is 0.634.